The maximum Gasteiger partial charge on any atom is 0.0881 e. The third-order valence-corrected chi connectivity index (χ3v) is 1.07. The van der Waals surface area contributed by atoms with Gasteiger partial charge in [-0.3, -0.25) is 0 Å². The fourth-order valence-corrected chi connectivity index (χ4v) is 0.450. The summed E-state index contributed by atoms with van der Waals surface area (Å²) in [6.45, 7) is 4.17. The van der Waals surface area contributed by atoms with E-state index in [1.165, 1.54) is 6.26 Å². The van der Waals surface area contributed by atoms with Gasteiger partial charge in [0.2, 0.25) is 0 Å². The summed E-state index contributed by atoms with van der Waals surface area (Å²) in [5.74, 6) is 0. The number of halogens is 1. The predicted molar refractivity (Wildman–Crippen MR) is 34.6 cm³/mol. The highest BCUT2D eigenvalue weighted by atomic mass is 79.9. The molecule has 0 saturated carbocycles. The van der Waals surface area contributed by atoms with Crippen LogP contribution in [0.1, 0.15) is 6.42 Å². The Bertz CT molecular complexity index is 45.3. The Balaban J connectivity index is 2.56. The van der Waals surface area contributed by atoms with Crippen LogP contribution in [0.25, 0.3) is 0 Å². The highest BCUT2D eigenvalue weighted by molar-refractivity contribution is 9.09. The van der Waals surface area contributed by atoms with Gasteiger partial charge in [-0.15, -0.1) is 0 Å². The first-order valence-electron chi connectivity index (χ1n) is 2.20. The summed E-state index contributed by atoms with van der Waals surface area (Å²) in [7, 11) is 0. The maximum atomic E-state index is 4.81. The molecule has 0 bridgehead atoms. The highest BCUT2D eigenvalue weighted by Crippen LogP contribution is 1.87. The molecule has 0 aliphatic carbocycles. The zero-order valence-corrected chi connectivity index (χ0v) is 5.78. The Morgan fingerprint density at radius 2 is 2.43 bits per heavy atom. The molecule has 0 radical (unpaired) electrons. The van der Waals surface area contributed by atoms with Gasteiger partial charge in [0.1, 0.15) is 0 Å². The Hall–Kier alpha value is 0.0200. The van der Waals surface area contributed by atoms with Crippen LogP contribution in [0.15, 0.2) is 12.8 Å². The van der Waals surface area contributed by atoms with Gasteiger partial charge in [-0.05, 0) is 6.42 Å². The van der Waals surface area contributed by atoms with Crippen molar-refractivity contribution in [2.75, 3.05) is 11.9 Å². The third kappa shape index (κ3) is 6.02. The highest BCUT2D eigenvalue weighted by Gasteiger charge is 1.77. The van der Waals surface area contributed by atoms with Crippen LogP contribution in [0.3, 0.4) is 0 Å². The maximum absolute atomic E-state index is 4.81. The van der Waals surface area contributed by atoms with Crippen LogP contribution in [0.5, 0.6) is 0 Å². The van der Waals surface area contributed by atoms with Crippen LogP contribution >= 0.6 is 15.9 Å². The van der Waals surface area contributed by atoms with Gasteiger partial charge in [0, 0.05) is 5.33 Å². The SMILES string of the molecule is C=COCCCBr. The second-order valence-electron chi connectivity index (χ2n) is 1.08. The average molecular weight is 165 g/mol. The quantitative estimate of drug-likeness (QED) is 0.351. The number of ether oxygens (including phenoxy) is 1. The summed E-state index contributed by atoms with van der Waals surface area (Å²) in [4.78, 5) is 0. The summed E-state index contributed by atoms with van der Waals surface area (Å²) in [6, 6.07) is 0. The second kappa shape index (κ2) is 6.02. The van der Waals surface area contributed by atoms with E-state index < -0.39 is 0 Å². The smallest absolute Gasteiger partial charge is 0.0881 e. The second-order valence-corrected chi connectivity index (χ2v) is 1.87. The van der Waals surface area contributed by atoms with E-state index in [0.717, 1.165) is 18.4 Å². The largest absolute Gasteiger partial charge is 0.502 e. The zero-order chi connectivity index (χ0) is 5.54. The van der Waals surface area contributed by atoms with E-state index in [-0.39, 0.29) is 0 Å². The van der Waals surface area contributed by atoms with E-state index in [1.807, 2.05) is 0 Å². The molecule has 0 unspecified atom stereocenters. The summed E-state index contributed by atoms with van der Waals surface area (Å²) in [6.07, 6.45) is 2.51. The van der Waals surface area contributed by atoms with Crippen LogP contribution < -0.4 is 0 Å². The molecule has 0 spiro atoms. The van der Waals surface area contributed by atoms with Gasteiger partial charge in [0.05, 0.1) is 12.9 Å². The average Bonchev–Trinajstić information content (AvgIpc) is 1.69. The van der Waals surface area contributed by atoms with Crippen molar-refractivity contribution in [3.05, 3.63) is 12.8 Å². The van der Waals surface area contributed by atoms with E-state index in [2.05, 4.69) is 22.5 Å². The minimum Gasteiger partial charge on any atom is -0.502 e. The molecule has 0 amide bonds. The van der Waals surface area contributed by atoms with Gasteiger partial charge >= 0.3 is 0 Å². The molecule has 0 N–H and O–H groups in total. The fraction of sp³-hybridized carbons (Fsp3) is 0.600. The van der Waals surface area contributed by atoms with Gasteiger partial charge in [-0.2, -0.15) is 0 Å². The molecule has 0 aliphatic rings. The Morgan fingerprint density at radius 3 is 2.86 bits per heavy atom. The molecule has 0 aromatic rings. The van der Waals surface area contributed by atoms with Gasteiger partial charge in [-0.25, -0.2) is 0 Å². The van der Waals surface area contributed by atoms with Crippen LogP contribution in [0.2, 0.25) is 0 Å². The lowest BCUT2D eigenvalue weighted by atomic mass is 10.5. The molecule has 1 nitrogen and oxygen atoms in total. The number of rotatable bonds is 4. The fourth-order valence-electron chi connectivity index (χ4n) is 0.221. The van der Waals surface area contributed by atoms with E-state index in [9.17, 15) is 0 Å². The zero-order valence-electron chi connectivity index (χ0n) is 4.19. The number of alkyl halides is 1. The summed E-state index contributed by atoms with van der Waals surface area (Å²) >= 11 is 3.27. The van der Waals surface area contributed by atoms with Crippen molar-refractivity contribution < 1.29 is 4.74 Å². The Kier molecular flexibility index (Phi) is 6.04. The molecule has 7 heavy (non-hydrogen) atoms. The van der Waals surface area contributed by atoms with Gasteiger partial charge in [0.15, 0.2) is 0 Å². The molecule has 0 aromatic heterocycles. The van der Waals surface area contributed by atoms with E-state index >= 15 is 0 Å². The van der Waals surface area contributed by atoms with Crippen LogP contribution in [0, 0.1) is 0 Å². The standard InChI is InChI=1S/C5H9BrO/c1-2-7-5-3-4-6/h2H,1,3-5H2. The van der Waals surface area contributed by atoms with Crippen molar-refractivity contribution >= 4 is 15.9 Å². The lowest BCUT2D eigenvalue weighted by Crippen LogP contribution is -1.85. The predicted octanol–water partition coefficient (Wildman–Crippen LogP) is 1.93. The topological polar surface area (TPSA) is 9.23 Å². The minimum absolute atomic E-state index is 0.773. The first kappa shape index (κ1) is 7.02. The van der Waals surface area contributed by atoms with Crippen molar-refractivity contribution in [2.24, 2.45) is 0 Å². The molecular formula is C5H9BrO. The Morgan fingerprint density at radius 1 is 1.71 bits per heavy atom. The van der Waals surface area contributed by atoms with Crippen molar-refractivity contribution in [2.45, 2.75) is 6.42 Å². The molecule has 0 heterocycles. The monoisotopic (exact) mass is 164 g/mol. The summed E-state index contributed by atoms with van der Waals surface area (Å²) in [5, 5.41) is 1.00. The molecule has 0 aliphatic heterocycles. The number of hydrogen-bond donors (Lipinski definition) is 0. The molecule has 42 valence electrons. The van der Waals surface area contributed by atoms with Crippen molar-refractivity contribution in [3.63, 3.8) is 0 Å². The van der Waals surface area contributed by atoms with E-state index in [4.69, 9.17) is 4.74 Å². The third-order valence-electron chi connectivity index (χ3n) is 0.514. The van der Waals surface area contributed by atoms with Crippen LogP contribution in [0.4, 0.5) is 0 Å². The molecule has 0 fully saturated rings. The van der Waals surface area contributed by atoms with Crippen LogP contribution in [-0.2, 0) is 4.74 Å². The molecule has 0 aromatic carbocycles. The Labute approximate surface area is 52.5 Å². The molecule has 0 rings (SSSR count). The van der Waals surface area contributed by atoms with E-state index in [1.54, 1.807) is 0 Å². The minimum atomic E-state index is 0.773. The lowest BCUT2D eigenvalue weighted by Gasteiger charge is -1.93. The van der Waals surface area contributed by atoms with Crippen molar-refractivity contribution in [1.82, 2.24) is 0 Å². The number of hydrogen-bond acceptors (Lipinski definition) is 1. The van der Waals surface area contributed by atoms with Crippen molar-refractivity contribution in [1.29, 1.82) is 0 Å². The molecular weight excluding hydrogens is 156 g/mol. The summed E-state index contributed by atoms with van der Waals surface area (Å²) < 4.78 is 4.81. The molecule has 0 saturated heterocycles. The van der Waals surface area contributed by atoms with Crippen LogP contribution in [-0.4, -0.2) is 11.9 Å². The normalized spacial score (nSPS) is 8.14. The van der Waals surface area contributed by atoms with Gasteiger partial charge < -0.3 is 4.74 Å². The molecule has 2 heteroatoms. The molecule has 0 atom stereocenters. The first-order chi connectivity index (χ1) is 3.41. The van der Waals surface area contributed by atoms with E-state index in [0.29, 0.717) is 0 Å². The lowest BCUT2D eigenvalue weighted by molar-refractivity contribution is 0.252. The first-order valence-corrected chi connectivity index (χ1v) is 3.32. The van der Waals surface area contributed by atoms with Gasteiger partial charge in [0.25, 0.3) is 0 Å². The van der Waals surface area contributed by atoms with Crippen molar-refractivity contribution in [3.8, 4) is 0 Å². The summed E-state index contributed by atoms with van der Waals surface area (Å²) in [5.41, 5.74) is 0. The van der Waals surface area contributed by atoms with Gasteiger partial charge in [-0.1, -0.05) is 22.5 Å².